The average Bonchev–Trinajstić information content (AvgIpc) is 1.99. The van der Waals surface area contributed by atoms with E-state index in [4.69, 9.17) is 9.84 Å². The van der Waals surface area contributed by atoms with Gasteiger partial charge in [0.25, 0.3) is 0 Å². The fraction of sp³-hybridized carbons (Fsp3) is 0.778. The van der Waals surface area contributed by atoms with Crippen LogP contribution in [0.25, 0.3) is 0 Å². The predicted octanol–water partition coefficient (Wildman–Crippen LogP) is 1.61. The summed E-state index contributed by atoms with van der Waals surface area (Å²) in [5.74, 6) is -0.954. The molecule has 1 saturated carbocycles. The van der Waals surface area contributed by atoms with E-state index < -0.39 is 12.1 Å². The first kappa shape index (κ1) is 11.7. The number of halogens is 1. The topological polar surface area (TPSA) is 63.6 Å². The Morgan fingerprint density at radius 2 is 2.14 bits per heavy atom. The Hall–Kier alpha value is -0.330. The van der Waals surface area contributed by atoms with Gasteiger partial charge in [-0.25, -0.2) is 0 Å². The van der Waals surface area contributed by atoms with E-state index in [1.54, 1.807) is 0 Å². The van der Waals surface area contributed by atoms with Crippen LogP contribution in [-0.2, 0) is 14.3 Å². The van der Waals surface area contributed by atoms with Crippen molar-refractivity contribution in [1.29, 1.82) is 0 Å². The third-order valence-corrected chi connectivity index (χ3v) is 3.07. The van der Waals surface area contributed by atoms with Crippen LogP contribution in [0.1, 0.15) is 25.7 Å². The van der Waals surface area contributed by atoms with Crippen LogP contribution in [0.5, 0.6) is 0 Å². The molecule has 1 rings (SSSR count). The third-order valence-electron chi connectivity index (χ3n) is 2.44. The van der Waals surface area contributed by atoms with Crippen LogP contribution in [0.3, 0.4) is 0 Å². The Kier molecular flexibility index (Phi) is 4.64. The lowest BCUT2D eigenvalue weighted by Gasteiger charge is -2.32. The molecule has 1 aliphatic rings. The maximum atomic E-state index is 11.0. The second-order valence-electron chi connectivity index (χ2n) is 3.45. The number of esters is 1. The maximum absolute atomic E-state index is 11.0. The highest BCUT2D eigenvalue weighted by Gasteiger charge is 2.31. The smallest absolute Gasteiger partial charge is 0.316 e. The molecule has 0 bridgehead atoms. The highest BCUT2D eigenvalue weighted by Crippen LogP contribution is 2.32. The number of carbonyl (C=O) groups excluding carboxylic acids is 1. The predicted molar refractivity (Wildman–Crippen MR) is 58.4 cm³/mol. The molecule has 5 heteroatoms. The van der Waals surface area contributed by atoms with Crippen molar-refractivity contribution in [1.82, 2.24) is 0 Å². The number of carbonyl (C=O) groups is 2. The van der Waals surface area contributed by atoms with Crippen LogP contribution in [0.2, 0.25) is 0 Å². The van der Waals surface area contributed by atoms with E-state index in [1.165, 1.54) is 0 Å². The molecule has 0 amide bonds. The molecule has 0 aromatic heterocycles. The van der Waals surface area contributed by atoms with Crippen molar-refractivity contribution in [3.63, 3.8) is 0 Å². The number of aliphatic carboxylic acids is 1. The van der Waals surface area contributed by atoms with Crippen LogP contribution < -0.4 is 0 Å². The molecule has 0 saturated heterocycles. The summed E-state index contributed by atoms with van der Waals surface area (Å²) >= 11 is 1.91. The molecule has 1 fully saturated rings. The molecule has 1 aliphatic carbocycles. The highest BCUT2D eigenvalue weighted by molar-refractivity contribution is 14.1. The summed E-state index contributed by atoms with van der Waals surface area (Å²) in [5.41, 5.74) is 0. The third kappa shape index (κ3) is 3.43. The van der Waals surface area contributed by atoms with Gasteiger partial charge in [0.2, 0.25) is 0 Å². The highest BCUT2D eigenvalue weighted by atomic mass is 127. The van der Waals surface area contributed by atoms with Gasteiger partial charge in [-0.2, -0.15) is 0 Å². The molecule has 0 spiro atoms. The zero-order valence-corrected chi connectivity index (χ0v) is 9.90. The molecule has 1 atom stereocenters. The number of carboxylic acids is 1. The van der Waals surface area contributed by atoms with Crippen LogP contribution >= 0.6 is 22.6 Å². The van der Waals surface area contributed by atoms with Crippen molar-refractivity contribution in [3.8, 4) is 0 Å². The van der Waals surface area contributed by atoms with Gasteiger partial charge >= 0.3 is 11.9 Å². The molecule has 14 heavy (non-hydrogen) atoms. The van der Waals surface area contributed by atoms with Crippen LogP contribution in [0, 0.1) is 5.92 Å². The van der Waals surface area contributed by atoms with Crippen LogP contribution in [-0.4, -0.2) is 27.6 Å². The van der Waals surface area contributed by atoms with Gasteiger partial charge in [0.1, 0.15) is 6.10 Å². The Balaban J connectivity index is 2.43. The van der Waals surface area contributed by atoms with Crippen molar-refractivity contribution >= 4 is 34.5 Å². The zero-order valence-electron chi connectivity index (χ0n) is 7.74. The average molecular weight is 312 g/mol. The Morgan fingerprint density at radius 3 is 2.50 bits per heavy atom. The van der Waals surface area contributed by atoms with Gasteiger partial charge in [0.15, 0.2) is 0 Å². The van der Waals surface area contributed by atoms with Gasteiger partial charge in [-0.3, -0.25) is 9.59 Å². The molecular formula is C9H13IO4. The summed E-state index contributed by atoms with van der Waals surface area (Å²) in [6, 6.07) is 0. The van der Waals surface area contributed by atoms with Gasteiger partial charge in [0, 0.05) is 0 Å². The van der Waals surface area contributed by atoms with Crippen molar-refractivity contribution < 1.29 is 19.4 Å². The minimum Gasteiger partial charge on any atom is -0.481 e. The lowest BCUT2D eigenvalue weighted by molar-refractivity contribution is -0.155. The molecule has 4 nitrogen and oxygen atoms in total. The minimum atomic E-state index is -0.900. The maximum Gasteiger partial charge on any atom is 0.316 e. The molecule has 0 aromatic carbocycles. The number of rotatable bonds is 5. The first-order chi connectivity index (χ1) is 6.63. The first-order valence-electron chi connectivity index (χ1n) is 4.60. The van der Waals surface area contributed by atoms with Gasteiger partial charge in [-0.15, -0.1) is 0 Å². The summed E-state index contributed by atoms with van der Waals surface area (Å²) in [4.78, 5) is 21.6. The largest absolute Gasteiger partial charge is 0.481 e. The summed E-state index contributed by atoms with van der Waals surface area (Å²) in [6.45, 7) is 0. The monoisotopic (exact) mass is 312 g/mol. The number of carboxylic acid groups (broad SMARTS) is 1. The fourth-order valence-corrected chi connectivity index (χ4v) is 1.67. The fourth-order valence-electron chi connectivity index (χ4n) is 1.49. The Morgan fingerprint density at radius 1 is 1.50 bits per heavy atom. The molecule has 0 radical (unpaired) electrons. The van der Waals surface area contributed by atoms with E-state index in [-0.39, 0.29) is 22.7 Å². The van der Waals surface area contributed by atoms with E-state index in [0.717, 1.165) is 19.3 Å². The van der Waals surface area contributed by atoms with E-state index in [1.807, 2.05) is 22.6 Å². The summed E-state index contributed by atoms with van der Waals surface area (Å²) in [7, 11) is 0. The van der Waals surface area contributed by atoms with E-state index >= 15 is 0 Å². The standard InChI is InChI=1S/C9H13IO4/c10-5-9(13)14-7(4-8(11)12)6-2-1-3-6/h6-7H,1-5H2,(H,11,12). The summed E-state index contributed by atoms with van der Waals surface area (Å²) in [6.07, 6.45) is 2.60. The lowest BCUT2D eigenvalue weighted by Crippen LogP contribution is -2.33. The van der Waals surface area contributed by atoms with Crippen molar-refractivity contribution in [2.75, 3.05) is 4.43 Å². The molecule has 0 heterocycles. The van der Waals surface area contributed by atoms with Gasteiger partial charge in [-0.1, -0.05) is 29.0 Å². The van der Waals surface area contributed by atoms with Crippen molar-refractivity contribution in [2.24, 2.45) is 5.92 Å². The minimum absolute atomic E-state index is 0.0625. The summed E-state index contributed by atoms with van der Waals surface area (Å²) in [5, 5.41) is 8.64. The Bertz CT molecular complexity index is 225. The van der Waals surface area contributed by atoms with Gasteiger partial charge in [-0.05, 0) is 18.8 Å². The van der Waals surface area contributed by atoms with Crippen LogP contribution in [0.15, 0.2) is 0 Å². The van der Waals surface area contributed by atoms with E-state index in [2.05, 4.69) is 0 Å². The van der Waals surface area contributed by atoms with Crippen molar-refractivity contribution in [2.45, 2.75) is 31.8 Å². The van der Waals surface area contributed by atoms with Gasteiger partial charge < -0.3 is 9.84 Å². The lowest BCUT2D eigenvalue weighted by atomic mass is 9.80. The number of hydrogen-bond acceptors (Lipinski definition) is 3. The quantitative estimate of drug-likeness (QED) is 0.476. The SMILES string of the molecule is O=C(O)CC(OC(=O)CI)C1CCC1. The molecule has 0 aromatic rings. The number of alkyl halides is 1. The zero-order chi connectivity index (χ0) is 10.6. The molecule has 0 aliphatic heterocycles. The molecule has 1 unspecified atom stereocenters. The first-order valence-corrected chi connectivity index (χ1v) is 6.13. The van der Waals surface area contributed by atoms with Crippen molar-refractivity contribution in [3.05, 3.63) is 0 Å². The second-order valence-corrected chi connectivity index (χ2v) is 4.21. The summed E-state index contributed by atoms with van der Waals surface area (Å²) < 4.78 is 5.37. The second kappa shape index (κ2) is 5.53. The molecule has 80 valence electrons. The molecular weight excluding hydrogens is 299 g/mol. The molecule has 1 N–H and O–H groups in total. The van der Waals surface area contributed by atoms with E-state index in [0.29, 0.717) is 0 Å². The normalized spacial score (nSPS) is 18.4. The van der Waals surface area contributed by atoms with Gasteiger partial charge in [0.05, 0.1) is 10.8 Å². The van der Waals surface area contributed by atoms with Crippen LogP contribution in [0.4, 0.5) is 0 Å². The van der Waals surface area contributed by atoms with E-state index in [9.17, 15) is 9.59 Å². The number of ether oxygens (including phenoxy) is 1. The Labute approximate surface area is 96.1 Å². The number of hydrogen-bond donors (Lipinski definition) is 1.